The number of hydrogen-bond acceptors (Lipinski definition) is 6. The van der Waals surface area contributed by atoms with E-state index in [0.717, 1.165) is 0 Å². The Hall–Kier alpha value is -1.16. The quantitative estimate of drug-likeness (QED) is 0.264. The Morgan fingerprint density at radius 2 is 1.50 bits per heavy atom. The second-order valence-electron chi connectivity index (χ2n) is 3.55. The summed E-state index contributed by atoms with van der Waals surface area (Å²) in [7, 11) is -10.2. The average molecular weight is 338 g/mol. The molecule has 1 unspecified atom stereocenters. The fraction of sp³-hybridized carbons (Fsp3) is 0.667. The second-order valence-corrected chi connectivity index (χ2v) is 7.23. The Labute approximate surface area is 111 Å². The van der Waals surface area contributed by atoms with Crippen molar-refractivity contribution in [3.63, 3.8) is 0 Å². The van der Waals surface area contributed by atoms with Crippen molar-refractivity contribution < 1.29 is 58.0 Å². The van der Waals surface area contributed by atoms with Crippen LogP contribution in [0.2, 0.25) is 0 Å². The molecule has 0 saturated carbocycles. The van der Waals surface area contributed by atoms with Gasteiger partial charge in [0.05, 0.1) is 6.16 Å². The smallest absolute Gasteiger partial charge is 0.450 e. The summed E-state index contributed by atoms with van der Waals surface area (Å²) in [5.74, 6) is 0. The lowest BCUT2D eigenvalue weighted by molar-refractivity contribution is -0.0308. The molecule has 0 aliphatic rings. The van der Waals surface area contributed by atoms with Crippen molar-refractivity contribution in [3.05, 3.63) is 0 Å². The number of carbonyl (C=O) groups is 2. The van der Waals surface area contributed by atoms with Crippen LogP contribution < -0.4 is 0 Å². The molecule has 0 aromatic carbocycles. The largest absolute Gasteiger partial charge is 0.507 e. The zero-order valence-electron chi connectivity index (χ0n) is 9.65. The number of ether oxygens (including phenoxy) is 2. The summed E-state index contributed by atoms with van der Waals surface area (Å²) in [6, 6.07) is 0. The molecule has 0 heterocycles. The minimum Gasteiger partial charge on any atom is -0.450 e. The first-order valence-electron chi connectivity index (χ1n) is 4.67. The molecule has 20 heavy (non-hydrogen) atoms. The van der Waals surface area contributed by atoms with Crippen LogP contribution in [-0.4, -0.2) is 60.2 Å². The summed E-state index contributed by atoms with van der Waals surface area (Å²) in [4.78, 5) is 56.2. The Morgan fingerprint density at radius 3 is 1.80 bits per heavy atom. The van der Waals surface area contributed by atoms with E-state index in [1.165, 1.54) is 0 Å². The number of carboxylic acid groups (broad SMARTS) is 2. The van der Waals surface area contributed by atoms with E-state index < -0.39 is 52.0 Å². The molecule has 14 heteroatoms. The lowest BCUT2D eigenvalue weighted by Crippen LogP contribution is -2.41. The van der Waals surface area contributed by atoms with Gasteiger partial charge in [-0.3, -0.25) is 9.13 Å². The number of hydrogen-bond donors (Lipinski definition) is 6. The monoisotopic (exact) mass is 338 g/mol. The Kier molecular flexibility index (Phi) is 6.15. The highest BCUT2D eigenvalue weighted by molar-refractivity contribution is 7.54. The minimum absolute atomic E-state index is 1.14. The van der Waals surface area contributed by atoms with Gasteiger partial charge in [-0.2, -0.15) is 0 Å². The summed E-state index contributed by atoms with van der Waals surface area (Å²) in [5.41, 5.74) is 0. The zero-order valence-corrected chi connectivity index (χ0v) is 11.4. The van der Waals surface area contributed by atoms with Crippen LogP contribution >= 0.6 is 15.2 Å². The highest BCUT2D eigenvalue weighted by Gasteiger charge is 2.53. The molecule has 6 N–H and O–H groups in total. The molecule has 12 nitrogen and oxygen atoms in total. The predicted molar refractivity (Wildman–Crippen MR) is 59.4 cm³/mol. The van der Waals surface area contributed by atoms with E-state index in [0.29, 0.717) is 0 Å². The Balaban J connectivity index is 5.42. The molecule has 118 valence electrons. The number of rotatable bonds is 7. The molecule has 0 rings (SSSR count). The van der Waals surface area contributed by atoms with Gasteiger partial charge in [0.2, 0.25) is 5.34 Å². The van der Waals surface area contributed by atoms with Crippen LogP contribution in [-0.2, 0) is 18.6 Å². The SMILES string of the molecule is O=C(O)OCC(CCP(=O)(O)O)(OC(=O)O)P(=O)(O)O. The Morgan fingerprint density at radius 1 is 1.00 bits per heavy atom. The van der Waals surface area contributed by atoms with Crippen LogP contribution in [0.4, 0.5) is 9.59 Å². The highest BCUT2D eigenvalue weighted by atomic mass is 31.2. The van der Waals surface area contributed by atoms with Crippen molar-refractivity contribution in [1.82, 2.24) is 0 Å². The lowest BCUT2D eigenvalue weighted by Gasteiger charge is -2.31. The molecule has 0 radical (unpaired) electrons. The maximum atomic E-state index is 11.3. The third-order valence-corrected chi connectivity index (χ3v) is 4.33. The van der Waals surface area contributed by atoms with Gasteiger partial charge in [-0.05, 0) is 0 Å². The fourth-order valence-electron chi connectivity index (χ4n) is 1.10. The van der Waals surface area contributed by atoms with E-state index in [1.54, 1.807) is 0 Å². The van der Waals surface area contributed by atoms with Crippen molar-refractivity contribution in [1.29, 1.82) is 0 Å². The molecule has 0 spiro atoms. The van der Waals surface area contributed by atoms with Crippen molar-refractivity contribution >= 4 is 27.5 Å². The van der Waals surface area contributed by atoms with Crippen LogP contribution in [0.5, 0.6) is 0 Å². The second kappa shape index (κ2) is 6.53. The van der Waals surface area contributed by atoms with Gasteiger partial charge < -0.3 is 39.3 Å². The molecule has 0 fully saturated rings. The molecule has 0 aromatic rings. The maximum Gasteiger partial charge on any atom is 0.507 e. The molecule has 1 atom stereocenters. The van der Waals surface area contributed by atoms with Crippen LogP contribution in [0, 0.1) is 0 Å². The van der Waals surface area contributed by atoms with Crippen molar-refractivity contribution in [3.8, 4) is 0 Å². The molecular formula is C6H12O12P2. The molecular weight excluding hydrogens is 326 g/mol. The van der Waals surface area contributed by atoms with Crippen molar-refractivity contribution in [2.24, 2.45) is 0 Å². The minimum atomic E-state index is -5.44. The normalized spacial score (nSPS) is 15.2. The molecule has 0 aliphatic carbocycles. The fourth-order valence-corrected chi connectivity index (χ4v) is 2.76. The average Bonchev–Trinajstić information content (AvgIpc) is 2.18. The third kappa shape index (κ3) is 6.33. The van der Waals surface area contributed by atoms with Gasteiger partial charge in [-0.25, -0.2) is 9.59 Å². The summed E-state index contributed by atoms with van der Waals surface area (Å²) < 4.78 is 29.9. The molecule has 0 amide bonds. The summed E-state index contributed by atoms with van der Waals surface area (Å²) in [6.07, 6.45) is -6.43. The third-order valence-electron chi connectivity index (χ3n) is 2.02. The molecule has 0 aromatic heterocycles. The first-order chi connectivity index (χ1) is 8.79. The van der Waals surface area contributed by atoms with E-state index in [1.807, 2.05) is 0 Å². The van der Waals surface area contributed by atoms with Crippen molar-refractivity contribution in [2.45, 2.75) is 11.8 Å². The lowest BCUT2D eigenvalue weighted by atomic mass is 10.3. The first-order valence-corrected chi connectivity index (χ1v) is 8.08. The standard InChI is InChI=1S/C6H12O12P2/c7-4(8)17-3-6(18-5(9)10,20(14,15)16)1-2-19(11,12)13/h1-3H2,(H,7,8)(H,9,10)(H2,11,12,13)(H2,14,15,16). The molecule has 0 bridgehead atoms. The van der Waals surface area contributed by atoms with E-state index in [-0.39, 0.29) is 0 Å². The summed E-state index contributed by atoms with van der Waals surface area (Å²) >= 11 is 0. The van der Waals surface area contributed by atoms with Gasteiger partial charge in [0, 0.05) is 6.42 Å². The van der Waals surface area contributed by atoms with E-state index in [9.17, 15) is 18.7 Å². The summed E-state index contributed by atoms with van der Waals surface area (Å²) in [6.45, 7) is -1.42. The van der Waals surface area contributed by atoms with Crippen LogP contribution in [0.1, 0.15) is 6.42 Å². The van der Waals surface area contributed by atoms with Gasteiger partial charge >= 0.3 is 27.5 Å². The van der Waals surface area contributed by atoms with E-state index in [2.05, 4.69) is 9.47 Å². The highest BCUT2D eigenvalue weighted by Crippen LogP contribution is 2.55. The van der Waals surface area contributed by atoms with Gasteiger partial charge in [-0.1, -0.05) is 0 Å². The van der Waals surface area contributed by atoms with Crippen molar-refractivity contribution in [2.75, 3.05) is 12.8 Å². The van der Waals surface area contributed by atoms with Crippen LogP contribution in [0.25, 0.3) is 0 Å². The Bertz CT molecular complexity index is 461. The van der Waals surface area contributed by atoms with E-state index in [4.69, 9.17) is 29.8 Å². The summed E-state index contributed by atoms with van der Waals surface area (Å²) in [5, 5.41) is 13.7. The zero-order chi connectivity index (χ0) is 16.2. The topological polar surface area (TPSA) is 208 Å². The van der Waals surface area contributed by atoms with Crippen LogP contribution in [0.15, 0.2) is 0 Å². The van der Waals surface area contributed by atoms with Crippen LogP contribution in [0.3, 0.4) is 0 Å². The van der Waals surface area contributed by atoms with E-state index >= 15 is 0 Å². The van der Waals surface area contributed by atoms with Gasteiger partial charge in [0.1, 0.15) is 6.61 Å². The predicted octanol–water partition coefficient (Wildman–Crippen LogP) is -0.183. The first kappa shape index (κ1) is 18.8. The maximum absolute atomic E-state index is 11.3. The van der Waals surface area contributed by atoms with Gasteiger partial charge in [0.15, 0.2) is 0 Å². The van der Waals surface area contributed by atoms with Gasteiger partial charge in [0.25, 0.3) is 0 Å². The molecule has 0 aliphatic heterocycles. The van der Waals surface area contributed by atoms with Gasteiger partial charge in [-0.15, -0.1) is 0 Å². The molecule has 0 saturated heterocycles.